The van der Waals surface area contributed by atoms with Gasteiger partial charge in [-0.1, -0.05) is 45.7 Å². The van der Waals surface area contributed by atoms with Gasteiger partial charge in [0.15, 0.2) is 0 Å². The molecular formula is C24H21BrClN3O2S. The summed E-state index contributed by atoms with van der Waals surface area (Å²) in [6, 6.07) is 15.0. The maximum Gasteiger partial charge on any atom is 0.274 e. The van der Waals surface area contributed by atoms with Crippen molar-refractivity contribution in [1.29, 1.82) is 0 Å². The second-order valence-electron chi connectivity index (χ2n) is 8.31. The lowest BCUT2D eigenvalue weighted by molar-refractivity contribution is 0.0684. The van der Waals surface area contributed by atoms with Crippen molar-refractivity contribution in [3.63, 3.8) is 0 Å². The molecule has 164 valence electrons. The van der Waals surface area contributed by atoms with E-state index in [0.717, 1.165) is 32.8 Å². The Kier molecular flexibility index (Phi) is 5.82. The number of hydrogen-bond acceptors (Lipinski definition) is 4. The van der Waals surface area contributed by atoms with Crippen LogP contribution in [0, 0.1) is 12.8 Å². The van der Waals surface area contributed by atoms with E-state index in [-0.39, 0.29) is 23.9 Å². The molecule has 2 aromatic carbocycles. The summed E-state index contributed by atoms with van der Waals surface area (Å²) in [6.45, 7) is 2.34. The van der Waals surface area contributed by atoms with E-state index >= 15 is 0 Å². The van der Waals surface area contributed by atoms with Gasteiger partial charge in [0.25, 0.3) is 11.8 Å². The average Bonchev–Trinajstić information content (AvgIpc) is 3.26. The molecule has 0 bridgehead atoms. The van der Waals surface area contributed by atoms with Crippen molar-refractivity contribution in [2.24, 2.45) is 5.92 Å². The highest BCUT2D eigenvalue weighted by atomic mass is 79.9. The van der Waals surface area contributed by atoms with Crippen LogP contribution in [-0.4, -0.2) is 40.3 Å². The summed E-state index contributed by atoms with van der Waals surface area (Å²) < 4.78 is 0.858. The predicted molar refractivity (Wildman–Crippen MR) is 130 cm³/mol. The molecule has 2 fully saturated rings. The molecule has 3 aromatic rings. The lowest BCUT2D eigenvalue weighted by Crippen LogP contribution is -2.45. The number of amides is 2. The molecule has 1 aromatic heterocycles. The summed E-state index contributed by atoms with van der Waals surface area (Å²) in [5.74, 6) is 0.320. The third-order valence-corrected chi connectivity index (χ3v) is 7.80. The van der Waals surface area contributed by atoms with Gasteiger partial charge in [-0.25, -0.2) is 4.98 Å². The summed E-state index contributed by atoms with van der Waals surface area (Å²) in [4.78, 5) is 33.7. The number of hydrogen-bond donors (Lipinski definition) is 1. The van der Waals surface area contributed by atoms with Crippen LogP contribution in [0.3, 0.4) is 0 Å². The first kappa shape index (κ1) is 21.6. The van der Waals surface area contributed by atoms with Gasteiger partial charge in [-0.2, -0.15) is 0 Å². The number of carbonyl (C=O) groups excluding carboxylic acids is 2. The molecule has 5 nitrogen and oxygen atoms in total. The standard InChI is InChI=1S/C24H21BrClN3O2S/c1-13-28-21(22(32-13)14-4-3-7-18(26)9-14)24(31)29-19(10-16-11-20(16)29)12-27-23(30)15-5-2-6-17(25)8-15/h2-9,16,19-20H,10-12H2,1H3,(H,27,30)/t16-,19+,20?/m1/s1. The normalized spacial score (nSPS) is 21.3. The number of nitrogens with zero attached hydrogens (tertiary/aromatic N) is 2. The molecular weight excluding hydrogens is 510 g/mol. The van der Waals surface area contributed by atoms with Gasteiger partial charge >= 0.3 is 0 Å². The van der Waals surface area contributed by atoms with Crippen molar-refractivity contribution in [2.75, 3.05) is 6.54 Å². The van der Waals surface area contributed by atoms with Crippen molar-refractivity contribution in [2.45, 2.75) is 31.8 Å². The molecule has 1 saturated carbocycles. The van der Waals surface area contributed by atoms with Crippen molar-refractivity contribution in [3.05, 3.63) is 74.3 Å². The van der Waals surface area contributed by atoms with Gasteiger partial charge in [-0.3, -0.25) is 9.59 Å². The SMILES string of the molecule is Cc1nc(C(=O)N2C3C[C@H]3C[C@H]2CNC(=O)c2cccc(Br)c2)c(-c2cccc(Cl)c2)s1. The molecule has 0 radical (unpaired) electrons. The predicted octanol–water partition coefficient (Wildman–Crippen LogP) is 5.57. The number of likely N-dealkylation sites (tertiary alicyclic amines) is 1. The number of nitrogens with one attached hydrogen (secondary N) is 1. The van der Waals surface area contributed by atoms with Crippen LogP contribution in [0.5, 0.6) is 0 Å². The Hall–Kier alpha value is -2.22. The van der Waals surface area contributed by atoms with Crippen molar-refractivity contribution in [3.8, 4) is 10.4 Å². The summed E-state index contributed by atoms with van der Waals surface area (Å²) in [5.41, 5.74) is 1.97. The number of piperidine rings is 1. The number of fused-ring (bicyclic) bond motifs is 1. The van der Waals surface area contributed by atoms with Gasteiger partial charge < -0.3 is 10.2 Å². The summed E-state index contributed by atoms with van der Waals surface area (Å²) >= 11 is 11.1. The van der Waals surface area contributed by atoms with Crippen LogP contribution in [0.4, 0.5) is 0 Å². The fourth-order valence-corrected chi connectivity index (χ4v) is 6.02. The first-order valence-electron chi connectivity index (χ1n) is 10.5. The van der Waals surface area contributed by atoms with Crippen LogP contribution < -0.4 is 5.32 Å². The molecule has 0 spiro atoms. The van der Waals surface area contributed by atoms with Gasteiger partial charge in [0, 0.05) is 27.6 Å². The second-order valence-corrected chi connectivity index (χ2v) is 10.9. The number of aromatic nitrogens is 1. The van der Waals surface area contributed by atoms with Crippen LogP contribution in [0.2, 0.25) is 5.02 Å². The third-order valence-electron chi connectivity index (χ3n) is 6.05. The summed E-state index contributed by atoms with van der Waals surface area (Å²) in [6.07, 6.45) is 1.93. The number of halogens is 2. The van der Waals surface area contributed by atoms with E-state index < -0.39 is 0 Å². The van der Waals surface area contributed by atoms with Gasteiger partial charge in [-0.05, 0) is 61.6 Å². The lowest BCUT2D eigenvalue weighted by atomic mass is 10.1. The van der Waals surface area contributed by atoms with E-state index in [1.165, 1.54) is 11.3 Å². The van der Waals surface area contributed by atoms with Crippen LogP contribution in [0.15, 0.2) is 53.0 Å². The van der Waals surface area contributed by atoms with Crippen molar-refractivity contribution < 1.29 is 9.59 Å². The monoisotopic (exact) mass is 529 g/mol. The zero-order valence-corrected chi connectivity index (χ0v) is 20.5. The third kappa shape index (κ3) is 4.21. The van der Waals surface area contributed by atoms with E-state index in [1.807, 2.05) is 48.2 Å². The van der Waals surface area contributed by atoms with Crippen molar-refractivity contribution in [1.82, 2.24) is 15.2 Å². The first-order chi connectivity index (χ1) is 15.4. The maximum atomic E-state index is 13.7. The Balaban J connectivity index is 1.36. The Morgan fingerprint density at radius 2 is 2.03 bits per heavy atom. The van der Waals surface area contributed by atoms with Gasteiger partial charge in [0.05, 0.1) is 15.9 Å². The number of benzene rings is 2. The highest BCUT2D eigenvalue weighted by Gasteiger charge is 2.54. The smallest absolute Gasteiger partial charge is 0.274 e. The highest BCUT2D eigenvalue weighted by Crippen LogP contribution is 2.48. The zero-order chi connectivity index (χ0) is 22.4. The molecule has 1 saturated heterocycles. The fraction of sp³-hybridized carbons (Fsp3) is 0.292. The van der Waals surface area contributed by atoms with E-state index in [4.69, 9.17) is 11.6 Å². The minimum absolute atomic E-state index is 0.0310. The molecule has 1 aliphatic carbocycles. The Bertz CT molecular complexity index is 1210. The first-order valence-corrected chi connectivity index (χ1v) is 12.5. The number of thiazole rings is 1. The Morgan fingerprint density at radius 1 is 1.22 bits per heavy atom. The van der Waals surface area contributed by atoms with E-state index in [2.05, 4.69) is 26.2 Å². The molecule has 5 rings (SSSR count). The van der Waals surface area contributed by atoms with Crippen molar-refractivity contribution >= 4 is 50.7 Å². The number of carbonyl (C=O) groups is 2. The minimum Gasteiger partial charge on any atom is -0.350 e. The number of aryl methyl sites for hydroxylation is 1. The van der Waals surface area contributed by atoms with E-state index in [1.54, 1.807) is 12.1 Å². The van der Waals surface area contributed by atoms with E-state index in [0.29, 0.717) is 28.7 Å². The molecule has 1 N–H and O–H groups in total. The summed E-state index contributed by atoms with van der Waals surface area (Å²) in [5, 5.41) is 4.49. The Morgan fingerprint density at radius 3 is 2.81 bits per heavy atom. The largest absolute Gasteiger partial charge is 0.350 e. The van der Waals surface area contributed by atoms with Crippen LogP contribution >= 0.6 is 38.9 Å². The van der Waals surface area contributed by atoms with Gasteiger partial charge in [-0.15, -0.1) is 11.3 Å². The zero-order valence-electron chi connectivity index (χ0n) is 17.3. The van der Waals surface area contributed by atoms with Gasteiger partial charge in [0.1, 0.15) is 5.69 Å². The molecule has 1 aliphatic heterocycles. The molecule has 1 unspecified atom stereocenters. The second kappa shape index (κ2) is 8.61. The average molecular weight is 531 g/mol. The number of rotatable bonds is 5. The summed E-state index contributed by atoms with van der Waals surface area (Å²) in [7, 11) is 0. The van der Waals surface area contributed by atoms with Crippen LogP contribution in [0.25, 0.3) is 10.4 Å². The molecule has 8 heteroatoms. The molecule has 2 heterocycles. The Labute approximate surface area is 203 Å². The quantitative estimate of drug-likeness (QED) is 0.469. The minimum atomic E-state index is -0.136. The van der Waals surface area contributed by atoms with E-state index in [9.17, 15) is 9.59 Å². The maximum absolute atomic E-state index is 13.7. The molecule has 32 heavy (non-hydrogen) atoms. The molecule has 2 amide bonds. The molecule has 2 aliphatic rings. The molecule has 3 atom stereocenters. The highest BCUT2D eigenvalue weighted by molar-refractivity contribution is 9.10. The van der Waals surface area contributed by atoms with Gasteiger partial charge in [0.2, 0.25) is 0 Å². The van der Waals surface area contributed by atoms with Crippen LogP contribution in [0.1, 0.15) is 38.7 Å². The van der Waals surface area contributed by atoms with Crippen LogP contribution in [-0.2, 0) is 0 Å². The lowest BCUT2D eigenvalue weighted by Gasteiger charge is -2.27. The fourth-order valence-electron chi connectivity index (χ4n) is 4.52. The topological polar surface area (TPSA) is 62.3 Å².